The van der Waals surface area contributed by atoms with Crippen molar-refractivity contribution < 1.29 is 21.2 Å². The van der Waals surface area contributed by atoms with Crippen LogP contribution in [0.25, 0.3) is 0 Å². The first-order chi connectivity index (χ1) is 3.39. The van der Waals surface area contributed by atoms with Gasteiger partial charge in [0.05, 0.1) is 0 Å². The van der Waals surface area contributed by atoms with E-state index in [1.807, 2.05) is 0 Å². The van der Waals surface area contributed by atoms with Crippen LogP contribution in [0.1, 0.15) is 12.8 Å². The molecule has 0 aromatic heterocycles. The van der Waals surface area contributed by atoms with E-state index < -0.39 is 0 Å². The van der Waals surface area contributed by atoms with Gasteiger partial charge in [-0.25, -0.2) is 0 Å². The monoisotopic (exact) mass is 212 g/mol. The first-order valence-corrected chi connectivity index (χ1v) is 5.74. The average Bonchev–Trinajstić information content (AvgIpc) is 1.69. The molecule has 2 heteroatoms. The zero-order valence-corrected chi connectivity index (χ0v) is 6.52. The molecule has 1 nitrogen and oxygen atoms in total. The Balaban J connectivity index is 2.12. The molecule has 1 saturated heterocycles. The minimum atomic E-state index is 0.549. The fraction of sp³-hybridized carbons (Fsp3) is 1.00. The molecule has 7 heavy (non-hydrogen) atoms. The van der Waals surface area contributed by atoms with Gasteiger partial charge in [-0.2, -0.15) is 0 Å². The number of alkyl halides is 2. The molecule has 0 aromatic carbocycles. The molecule has 0 saturated carbocycles. The van der Waals surface area contributed by atoms with Gasteiger partial charge in [0.25, 0.3) is 0 Å². The standard InChI is InChI=1S/C5H11IN/c7-5-2-1-3-6-4-5/h5H,1-4,7H2/q-1. The predicted molar refractivity (Wildman–Crippen MR) is 26.9 cm³/mol. The molecule has 0 spiro atoms. The van der Waals surface area contributed by atoms with Crippen molar-refractivity contribution in [2.24, 2.45) is 5.73 Å². The molecule has 0 radical (unpaired) electrons. The summed E-state index contributed by atoms with van der Waals surface area (Å²) in [5, 5.41) is 0. The van der Waals surface area contributed by atoms with Crippen LogP contribution in [-0.4, -0.2) is 14.9 Å². The molecule has 1 aliphatic rings. The van der Waals surface area contributed by atoms with Crippen LogP contribution >= 0.6 is 0 Å². The molecule has 44 valence electrons. The number of rotatable bonds is 0. The van der Waals surface area contributed by atoms with Gasteiger partial charge in [0.1, 0.15) is 0 Å². The predicted octanol–water partition coefficient (Wildman–Crippen LogP) is -2.80. The Kier molecular flexibility index (Phi) is 2.38. The summed E-state index contributed by atoms with van der Waals surface area (Å²) in [6.45, 7) is 0. The Morgan fingerprint density at radius 3 is 2.71 bits per heavy atom. The summed E-state index contributed by atoms with van der Waals surface area (Å²) >= 11 is 0.549. The summed E-state index contributed by atoms with van der Waals surface area (Å²) < 4.78 is 2.89. The van der Waals surface area contributed by atoms with Crippen molar-refractivity contribution in [1.29, 1.82) is 0 Å². The molecule has 1 rings (SSSR count). The van der Waals surface area contributed by atoms with Gasteiger partial charge in [-0.15, -0.1) is 0 Å². The Bertz CT molecular complexity index is 50.0. The molecular formula is C5H11IN-. The molecule has 2 N–H and O–H groups in total. The molecule has 0 aromatic rings. The van der Waals surface area contributed by atoms with Crippen molar-refractivity contribution in [1.82, 2.24) is 0 Å². The normalized spacial score (nSPS) is 34.1. The van der Waals surface area contributed by atoms with E-state index in [1.165, 1.54) is 21.7 Å². The van der Waals surface area contributed by atoms with Gasteiger partial charge in [0, 0.05) is 0 Å². The van der Waals surface area contributed by atoms with Gasteiger partial charge in [-0.05, 0) is 0 Å². The second-order valence-electron chi connectivity index (χ2n) is 1.93. The van der Waals surface area contributed by atoms with Crippen molar-refractivity contribution >= 4 is 0 Å². The molecule has 0 bridgehead atoms. The van der Waals surface area contributed by atoms with E-state index in [0.29, 0.717) is 27.2 Å². The SMILES string of the molecule is NC1CCC[I-]C1. The second kappa shape index (κ2) is 2.87. The molecule has 0 amide bonds. The molecule has 1 atom stereocenters. The van der Waals surface area contributed by atoms with Gasteiger partial charge >= 0.3 is 54.7 Å². The second-order valence-corrected chi connectivity index (χ2v) is 4.97. The maximum atomic E-state index is 5.66. The molecule has 1 unspecified atom stereocenters. The zero-order valence-electron chi connectivity index (χ0n) is 4.36. The fourth-order valence-corrected chi connectivity index (χ4v) is 3.39. The Labute approximate surface area is 54.9 Å². The maximum absolute atomic E-state index is 5.66. The van der Waals surface area contributed by atoms with Crippen LogP contribution in [-0.2, 0) is 0 Å². The van der Waals surface area contributed by atoms with Gasteiger partial charge in [0.2, 0.25) is 0 Å². The minimum absolute atomic E-state index is 0.549. The van der Waals surface area contributed by atoms with Crippen LogP contribution in [0.4, 0.5) is 0 Å². The van der Waals surface area contributed by atoms with Gasteiger partial charge in [-0.3, -0.25) is 0 Å². The van der Waals surface area contributed by atoms with E-state index in [4.69, 9.17) is 5.73 Å². The van der Waals surface area contributed by atoms with Crippen LogP contribution in [0.3, 0.4) is 0 Å². The van der Waals surface area contributed by atoms with Crippen LogP contribution in [0.2, 0.25) is 0 Å². The van der Waals surface area contributed by atoms with Crippen LogP contribution < -0.4 is 26.9 Å². The quantitative estimate of drug-likeness (QED) is 0.340. The fourth-order valence-electron chi connectivity index (χ4n) is 0.728. The number of hydrogen-bond donors (Lipinski definition) is 1. The summed E-state index contributed by atoms with van der Waals surface area (Å²) in [4.78, 5) is 0. The summed E-state index contributed by atoms with van der Waals surface area (Å²) in [6, 6.07) is 0.585. The molecule has 1 aliphatic heterocycles. The van der Waals surface area contributed by atoms with Crippen LogP contribution in [0, 0.1) is 0 Å². The van der Waals surface area contributed by atoms with Gasteiger partial charge < -0.3 is 0 Å². The van der Waals surface area contributed by atoms with Crippen molar-refractivity contribution in [3.8, 4) is 0 Å². The van der Waals surface area contributed by atoms with E-state index in [9.17, 15) is 0 Å². The number of nitrogens with two attached hydrogens (primary N) is 1. The average molecular weight is 212 g/mol. The number of hydrogen-bond acceptors (Lipinski definition) is 1. The summed E-state index contributed by atoms with van der Waals surface area (Å²) in [6.07, 6.45) is 2.70. The van der Waals surface area contributed by atoms with Crippen molar-refractivity contribution in [2.45, 2.75) is 18.9 Å². The van der Waals surface area contributed by atoms with E-state index in [0.717, 1.165) is 0 Å². The van der Waals surface area contributed by atoms with E-state index in [1.54, 1.807) is 0 Å². The van der Waals surface area contributed by atoms with E-state index >= 15 is 0 Å². The van der Waals surface area contributed by atoms with E-state index in [-0.39, 0.29) is 0 Å². The topological polar surface area (TPSA) is 26.0 Å². The third-order valence-corrected chi connectivity index (χ3v) is 4.43. The van der Waals surface area contributed by atoms with Crippen molar-refractivity contribution in [3.63, 3.8) is 0 Å². The van der Waals surface area contributed by atoms with Gasteiger partial charge in [0.15, 0.2) is 0 Å². The molecule has 1 heterocycles. The Hall–Kier alpha value is 0.690. The summed E-state index contributed by atoms with van der Waals surface area (Å²) in [7, 11) is 0. The molecule has 0 aliphatic carbocycles. The molecule has 1 fully saturated rings. The molecular weight excluding hydrogens is 201 g/mol. The first kappa shape index (κ1) is 5.82. The van der Waals surface area contributed by atoms with Crippen LogP contribution in [0.15, 0.2) is 0 Å². The Morgan fingerprint density at radius 1 is 1.57 bits per heavy atom. The van der Waals surface area contributed by atoms with Crippen molar-refractivity contribution in [3.05, 3.63) is 0 Å². The summed E-state index contributed by atoms with van der Waals surface area (Å²) in [5.74, 6) is 0. The number of halogens is 1. The zero-order chi connectivity index (χ0) is 5.11. The van der Waals surface area contributed by atoms with E-state index in [2.05, 4.69) is 0 Å². The summed E-state index contributed by atoms with van der Waals surface area (Å²) in [5.41, 5.74) is 5.66. The van der Waals surface area contributed by atoms with Gasteiger partial charge in [-0.1, -0.05) is 0 Å². The Morgan fingerprint density at radius 2 is 2.43 bits per heavy atom. The third kappa shape index (κ3) is 1.95. The van der Waals surface area contributed by atoms with Crippen LogP contribution in [0.5, 0.6) is 0 Å². The first-order valence-electron chi connectivity index (χ1n) is 2.68. The van der Waals surface area contributed by atoms with Crippen molar-refractivity contribution in [2.75, 3.05) is 8.86 Å². The third-order valence-electron chi connectivity index (χ3n) is 1.15.